The Balaban J connectivity index is 1.99. The largest absolute Gasteiger partial charge is 0.316 e. The van der Waals surface area contributed by atoms with Gasteiger partial charge in [0.1, 0.15) is 0 Å². The third-order valence-corrected chi connectivity index (χ3v) is 4.51. The van der Waals surface area contributed by atoms with E-state index in [1.54, 1.807) is 11.8 Å². The molecule has 2 aromatic rings. The molecule has 1 atom stereocenters. The number of hydrogen-bond donors (Lipinski definition) is 1. The molecule has 1 aromatic carbocycles. The van der Waals surface area contributed by atoms with E-state index in [4.69, 9.17) is 0 Å². The molecule has 0 saturated carbocycles. The van der Waals surface area contributed by atoms with Crippen molar-refractivity contribution >= 4 is 11.8 Å². The smallest absolute Gasteiger partial charge is 0.0994 e. The number of hydrogen-bond acceptors (Lipinski definition) is 3. The van der Waals surface area contributed by atoms with Crippen LogP contribution in [-0.4, -0.2) is 28.9 Å². The van der Waals surface area contributed by atoms with Crippen LogP contribution in [0.4, 0.5) is 0 Å². The molecule has 3 rings (SSSR count). The molecule has 2 heterocycles. The maximum atomic E-state index is 4.38. The van der Waals surface area contributed by atoms with Crippen molar-refractivity contribution in [2.45, 2.75) is 23.7 Å². The molecule has 0 amide bonds. The van der Waals surface area contributed by atoms with E-state index in [0.29, 0.717) is 5.92 Å². The first-order chi connectivity index (χ1) is 9.40. The summed E-state index contributed by atoms with van der Waals surface area (Å²) in [5.41, 5.74) is 2.57. The van der Waals surface area contributed by atoms with Gasteiger partial charge in [0, 0.05) is 29.2 Å². The van der Waals surface area contributed by atoms with E-state index >= 15 is 0 Å². The highest BCUT2D eigenvalue weighted by atomic mass is 32.2. The number of thioether (sulfide) groups is 1. The molecule has 1 unspecified atom stereocenters. The summed E-state index contributed by atoms with van der Waals surface area (Å²) in [6.45, 7) is 2.21. The van der Waals surface area contributed by atoms with Crippen LogP contribution in [0.3, 0.4) is 0 Å². The van der Waals surface area contributed by atoms with Crippen molar-refractivity contribution in [2.75, 3.05) is 19.3 Å². The van der Waals surface area contributed by atoms with Crippen molar-refractivity contribution in [3.05, 3.63) is 42.5 Å². The maximum Gasteiger partial charge on any atom is 0.0994 e. The van der Waals surface area contributed by atoms with Gasteiger partial charge in [-0.05, 0) is 37.8 Å². The number of benzene rings is 1. The van der Waals surface area contributed by atoms with Gasteiger partial charge in [-0.1, -0.05) is 12.1 Å². The standard InChI is InChI=1S/C15H19N3S/c1-19-15-7-3-2-6-13(15)18-11-17-10-14(18)12-5-4-8-16-9-12/h2-3,6-7,10-12,16H,4-5,8-9H2,1H3. The highest BCUT2D eigenvalue weighted by Crippen LogP contribution is 2.29. The van der Waals surface area contributed by atoms with Crippen molar-refractivity contribution < 1.29 is 0 Å². The fourth-order valence-corrected chi connectivity index (χ4v) is 3.33. The summed E-state index contributed by atoms with van der Waals surface area (Å²) < 4.78 is 2.25. The van der Waals surface area contributed by atoms with Crippen molar-refractivity contribution in [3.63, 3.8) is 0 Å². The van der Waals surface area contributed by atoms with Crippen LogP contribution < -0.4 is 5.32 Å². The first-order valence-corrected chi connectivity index (χ1v) is 7.99. The second kappa shape index (κ2) is 5.80. The average molecular weight is 273 g/mol. The van der Waals surface area contributed by atoms with Gasteiger partial charge in [0.2, 0.25) is 0 Å². The van der Waals surface area contributed by atoms with Crippen molar-refractivity contribution in [1.29, 1.82) is 0 Å². The van der Waals surface area contributed by atoms with Gasteiger partial charge < -0.3 is 9.88 Å². The fraction of sp³-hybridized carbons (Fsp3) is 0.400. The van der Waals surface area contributed by atoms with E-state index in [2.05, 4.69) is 45.4 Å². The third-order valence-electron chi connectivity index (χ3n) is 3.73. The molecule has 3 nitrogen and oxygen atoms in total. The molecule has 0 aliphatic carbocycles. The average Bonchev–Trinajstić information content (AvgIpc) is 2.97. The van der Waals surface area contributed by atoms with Gasteiger partial charge >= 0.3 is 0 Å². The Labute approximate surface area is 118 Å². The second-order valence-electron chi connectivity index (χ2n) is 4.90. The summed E-state index contributed by atoms with van der Waals surface area (Å²) in [5, 5.41) is 3.48. The molecule has 1 aliphatic heterocycles. The normalized spacial score (nSPS) is 19.5. The predicted octanol–water partition coefficient (Wildman–Crippen LogP) is 3.06. The summed E-state index contributed by atoms with van der Waals surface area (Å²) in [5.74, 6) is 0.575. The minimum Gasteiger partial charge on any atom is -0.316 e. The van der Waals surface area contributed by atoms with Gasteiger partial charge in [0.15, 0.2) is 0 Å². The van der Waals surface area contributed by atoms with E-state index < -0.39 is 0 Å². The van der Waals surface area contributed by atoms with Crippen LogP contribution in [-0.2, 0) is 0 Å². The van der Waals surface area contributed by atoms with E-state index in [9.17, 15) is 0 Å². The lowest BCUT2D eigenvalue weighted by Crippen LogP contribution is -2.29. The Kier molecular flexibility index (Phi) is 3.89. The number of nitrogens with one attached hydrogen (secondary N) is 1. The third kappa shape index (κ3) is 2.55. The van der Waals surface area contributed by atoms with Crippen LogP contribution in [0.25, 0.3) is 5.69 Å². The van der Waals surface area contributed by atoms with Crippen LogP contribution >= 0.6 is 11.8 Å². The Morgan fingerprint density at radius 3 is 3.05 bits per heavy atom. The maximum absolute atomic E-state index is 4.38. The summed E-state index contributed by atoms with van der Waals surface area (Å²) >= 11 is 1.78. The molecule has 0 spiro atoms. The first-order valence-electron chi connectivity index (χ1n) is 6.76. The first kappa shape index (κ1) is 12.8. The van der Waals surface area contributed by atoms with E-state index in [1.165, 1.54) is 29.1 Å². The van der Waals surface area contributed by atoms with E-state index in [0.717, 1.165) is 13.1 Å². The predicted molar refractivity (Wildman–Crippen MR) is 80.2 cm³/mol. The van der Waals surface area contributed by atoms with Crippen LogP contribution in [0, 0.1) is 0 Å². The lowest BCUT2D eigenvalue weighted by atomic mass is 9.96. The Morgan fingerprint density at radius 1 is 1.37 bits per heavy atom. The minimum absolute atomic E-state index is 0.575. The van der Waals surface area contributed by atoms with Crippen LogP contribution in [0.15, 0.2) is 41.7 Å². The van der Waals surface area contributed by atoms with Gasteiger partial charge in [0.25, 0.3) is 0 Å². The molecule has 4 heteroatoms. The van der Waals surface area contributed by atoms with Gasteiger partial charge in [-0.3, -0.25) is 0 Å². The monoisotopic (exact) mass is 273 g/mol. The molecule has 1 saturated heterocycles. The number of nitrogens with zero attached hydrogens (tertiary/aromatic N) is 2. The molecule has 0 radical (unpaired) electrons. The molecule has 1 N–H and O–H groups in total. The number of para-hydroxylation sites is 1. The highest BCUT2D eigenvalue weighted by molar-refractivity contribution is 7.98. The zero-order valence-corrected chi connectivity index (χ0v) is 12.0. The SMILES string of the molecule is CSc1ccccc1-n1cncc1C1CCCNC1. The summed E-state index contributed by atoms with van der Waals surface area (Å²) in [6.07, 6.45) is 8.59. The van der Waals surface area contributed by atoms with Crippen LogP contribution in [0.1, 0.15) is 24.5 Å². The number of imidazole rings is 1. The Bertz CT molecular complexity index is 544. The van der Waals surface area contributed by atoms with Gasteiger partial charge in [-0.25, -0.2) is 4.98 Å². The van der Waals surface area contributed by atoms with E-state index in [-0.39, 0.29) is 0 Å². The Hall–Kier alpha value is -1.26. The van der Waals surface area contributed by atoms with Crippen molar-refractivity contribution in [2.24, 2.45) is 0 Å². The summed E-state index contributed by atoms with van der Waals surface area (Å²) in [7, 11) is 0. The molecule has 1 aromatic heterocycles. The van der Waals surface area contributed by atoms with Crippen LogP contribution in [0.2, 0.25) is 0 Å². The van der Waals surface area contributed by atoms with Gasteiger partial charge in [-0.2, -0.15) is 0 Å². The van der Waals surface area contributed by atoms with Crippen LogP contribution in [0.5, 0.6) is 0 Å². The molecule has 1 aliphatic rings. The molecular formula is C15H19N3S. The lowest BCUT2D eigenvalue weighted by Gasteiger charge is -2.24. The molecule has 1 fully saturated rings. The summed E-state index contributed by atoms with van der Waals surface area (Å²) in [6, 6.07) is 8.53. The molecule has 100 valence electrons. The molecule has 0 bridgehead atoms. The molecule has 19 heavy (non-hydrogen) atoms. The van der Waals surface area contributed by atoms with Crippen molar-refractivity contribution in [3.8, 4) is 5.69 Å². The van der Waals surface area contributed by atoms with Crippen molar-refractivity contribution in [1.82, 2.24) is 14.9 Å². The fourth-order valence-electron chi connectivity index (χ4n) is 2.74. The quantitative estimate of drug-likeness (QED) is 0.872. The zero-order valence-electron chi connectivity index (χ0n) is 11.2. The number of aromatic nitrogens is 2. The Morgan fingerprint density at radius 2 is 2.26 bits per heavy atom. The minimum atomic E-state index is 0.575. The van der Waals surface area contributed by atoms with E-state index in [1.807, 2.05) is 12.5 Å². The highest BCUT2D eigenvalue weighted by Gasteiger charge is 2.20. The number of piperidine rings is 1. The van der Waals surface area contributed by atoms with Gasteiger partial charge in [0.05, 0.1) is 12.0 Å². The topological polar surface area (TPSA) is 29.9 Å². The van der Waals surface area contributed by atoms with Gasteiger partial charge in [-0.15, -0.1) is 11.8 Å². The number of rotatable bonds is 3. The lowest BCUT2D eigenvalue weighted by molar-refractivity contribution is 0.450. The molecular weight excluding hydrogens is 254 g/mol. The second-order valence-corrected chi connectivity index (χ2v) is 5.75. The zero-order chi connectivity index (χ0) is 13.1. The summed E-state index contributed by atoms with van der Waals surface area (Å²) in [4.78, 5) is 5.67.